The molecule has 1 aromatic heterocycles. The molecular weight excluding hydrogens is 288 g/mol. The van der Waals surface area contributed by atoms with Gasteiger partial charge >= 0.3 is 5.97 Å². The fraction of sp³-hybridized carbons (Fsp3) is 0.474. The molecule has 0 spiro atoms. The summed E-state index contributed by atoms with van der Waals surface area (Å²) < 4.78 is 2.00. The van der Waals surface area contributed by atoms with Crippen molar-refractivity contribution in [2.24, 2.45) is 5.41 Å². The molecule has 124 valence electrons. The minimum Gasteiger partial charge on any atom is -0.481 e. The van der Waals surface area contributed by atoms with Crippen LogP contribution in [0.1, 0.15) is 62.2 Å². The number of hydrogen-bond acceptors (Lipinski definition) is 2. The third-order valence-corrected chi connectivity index (χ3v) is 5.21. The molecule has 2 aromatic rings. The second-order valence-corrected chi connectivity index (χ2v) is 6.91. The minimum atomic E-state index is -0.864. The van der Waals surface area contributed by atoms with E-state index in [4.69, 9.17) is 0 Å². The van der Waals surface area contributed by atoms with Crippen LogP contribution < -0.4 is 0 Å². The normalized spacial score (nSPS) is 14.5. The highest BCUT2D eigenvalue weighted by atomic mass is 16.4. The van der Waals surface area contributed by atoms with Crippen molar-refractivity contribution in [1.82, 2.24) is 9.55 Å². The number of aliphatic carboxylic acids is 1. The monoisotopic (exact) mass is 314 g/mol. The first kappa shape index (κ1) is 17.3. The van der Waals surface area contributed by atoms with Gasteiger partial charge in [-0.05, 0) is 51.3 Å². The second kappa shape index (κ2) is 6.19. The first-order chi connectivity index (χ1) is 10.7. The van der Waals surface area contributed by atoms with Gasteiger partial charge in [0, 0.05) is 24.4 Å². The molecule has 0 aliphatic heterocycles. The molecule has 1 aromatic carbocycles. The molecule has 0 amide bonds. The Kier molecular flexibility index (Phi) is 4.64. The topological polar surface area (TPSA) is 55.1 Å². The molecule has 0 saturated heterocycles. The van der Waals surface area contributed by atoms with Gasteiger partial charge in [0.25, 0.3) is 0 Å². The number of aryl methyl sites for hydroxylation is 1. The predicted molar refractivity (Wildman–Crippen MR) is 91.8 cm³/mol. The van der Waals surface area contributed by atoms with Gasteiger partial charge in [-0.15, -0.1) is 0 Å². The van der Waals surface area contributed by atoms with E-state index in [-0.39, 0.29) is 12.0 Å². The largest absolute Gasteiger partial charge is 0.481 e. The number of aromatic nitrogens is 2. The Labute approximate surface area is 138 Å². The Hall–Kier alpha value is -2.10. The minimum absolute atomic E-state index is 0.108. The number of hydrogen-bond donors (Lipinski definition) is 1. The van der Waals surface area contributed by atoms with E-state index >= 15 is 0 Å². The molecule has 0 aliphatic carbocycles. The SMILES string of the molecule is Cc1cccc(C(C)c2nccn2C(C)C(C)(C)C(=O)O)c1C. The van der Waals surface area contributed by atoms with Gasteiger partial charge in [-0.25, -0.2) is 4.98 Å². The summed E-state index contributed by atoms with van der Waals surface area (Å²) in [4.78, 5) is 16.1. The molecule has 23 heavy (non-hydrogen) atoms. The van der Waals surface area contributed by atoms with E-state index in [1.54, 1.807) is 20.0 Å². The van der Waals surface area contributed by atoms with Gasteiger partial charge in [0.1, 0.15) is 5.82 Å². The first-order valence-electron chi connectivity index (χ1n) is 8.00. The van der Waals surface area contributed by atoms with Gasteiger partial charge in [0.2, 0.25) is 0 Å². The van der Waals surface area contributed by atoms with Crippen LogP contribution in [-0.2, 0) is 4.79 Å². The zero-order chi connectivity index (χ0) is 17.4. The molecule has 0 aliphatic rings. The van der Waals surface area contributed by atoms with E-state index in [0.29, 0.717) is 0 Å². The Balaban J connectivity index is 2.45. The molecule has 0 fully saturated rings. The summed E-state index contributed by atoms with van der Waals surface area (Å²) in [7, 11) is 0. The van der Waals surface area contributed by atoms with Gasteiger partial charge in [-0.3, -0.25) is 4.79 Å². The van der Waals surface area contributed by atoms with Crippen LogP contribution in [0.15, 0.2) is 30.6 Å². The van der Waals surface area contributed by atoms with Gasteiger partial charge < -0.3 is 9.67 Å². The summed E-state index contributed by atoms with van der Waals surface area (Å²) in [5.41, 5.74) is 2.89. The maximum absolute atomic E-state index is 11.6. The van der Waals surface area contributed by atoms with Gasteiger partial charge in [0.05, 0.1) is 5.41 Å². The molecular formula is C19H26N2O2. The average Bonchev–Trinajstić information content (AvgIpc) is 2.97. The number of carbonyl (C=O) groups is 1. The van der Waals surface area contributed by atoms with E-state index < -0.39 is 11.4 Å². The van der Waals surface area contributed by atoms with Gasteiger partial charge in [-0.2, -0.15) is 0 Å². The van der Waals surface area contributed by atoms with E-state index in [1.165, 1.54) is 16.7 Å². The number of carboxylic acid groups (broad SMARTS) is 1. The van der Waals surface area contributed by atoms with Crippen LogP contribution >= 0.6 is 0 Å². The van der Waals surface area contributed by atoms with Crippen molar-refractivity contribution in [1.29, 1.82) is 0 Å². The molecule has 2 unspecified atom stereocenters. The molecule has 4 heteroatoms. The second-order valence-electron chi connectivity index (χ2n) is 6.91. The Morgan fingerprint density at radius 2 is 1.91 bits per heavy atom. The first-order valence-corrected chi connectivity index (χ1v) is 8.00. The number of imidazole rings is 1. The fourth-order valence-corrected chi connectivity index (χ4v) is 2.90. The number of nitrogens with zero attached hydrogens (tertiary/aromatic N) is 2. The lowest BCUT2D eigenvalue weighted by Crippen LogP contribution is -2.33. The van der Waals surface area contributed by atoms with Crippen molar-refractivity contribution < 1.29 is 9.90 Å². The third-order valence-electron chi connectivity index (χ3n) is 5.21. The highest BCUT2D eigenvalue weighted by Crippen LogP contribution is 2.35. The summed E-state index contributed by atoms with van der Waals surface area (Å²) >= 11 is 0. The van der Waals surface area contributed by atoms with Crippen molar-refractivity contribution in [2.45, 2.75) is 53.5 Å². The highest BCUT2D eigenvalue weighted by Gasteiger charge is 2.36. The van der Waals surface area contributed by atoms with Gasteiger partial charge in [0.15, 0.2) is 0 Å². The molecule has 0 radical (unpaired) electrons. The smallest absolute Gasteiger partial charge is 0.311 e. The number of benzene rings is 1. The number of carboxylic acids is 1. The summed E-state index contributed by atoms with van der Waals surface area (Å²) in [6.45, 7) is 11.8. The zero-order valence-corrected chi connectivity index (χ0v) is 14.8. The predicted octanol–water partition coefficient (Wildman–Crippen LogP) is 4.32. The summed E-state index contributed by atoms with van der Waals surface area (Å²) in [5.74, 6) is 0.210. The van der Waals surface area contributed by atoms with Crippen LogP contribution in [0, 0.1) is 19.3 Å². The highest BCUT2D eigenvalue weighted by molar-refractivity contribution is 5.74. The van der Waals surface area contributed by atoms with Crippen LogP contribution in [0.25, 0.3) is 0 Å². The molecule has 4 nitrogen and oxygen atoms in total. The van der Waals surface area contributed by atoms with E-state index in [1.807, 2.05) is 17.7 Å². The Morgan fingerprint density at radius 1 is 1.26 bits per heavy atom. The van der Waals surface area contributed by atoms with Gasteiger partial charge in [-0.1, -0.05) is 25.1 Å². The lowest BCUT2D eigenvalue weighted by atomic mass is 9.84. The lowest BCUT2D eigenvalue weighted by Gasteiger charge is -2.30. The van der Waals surface area contributed by atoms with Crippen molar-refractivity contribution in [3.05, 3.63) is 53.1 Å². The maximum Gasteiger partial charge on any atom is 0.311 e. The van der Waals surface area contributed by atoms with E-state index in [9.17, 15) is 9.90 Å². The zero-order valence-electron chi connectivity index (χ0n) is 14.8. The van der Waals surface area contributed by atoms with Crippen molar-refractivity contribution in [2.75, 3.05) is 0 Å². The summed E-state index contributed by atoms with van der Waals surface area (Å²) in [6.07, 6.45) is 3.64. The average molecular weight is 314 g/mol. The van der Waals surface area contributed by atoms with Crippen LogP contribution in [0.4, 0.5) is 0 Å². The maximum atomic E-state index is 11.6. The van der Waals surface area contributed by atoms with E-state index in [0.717, 1.165) is 5.82 Å². The standard InChI is InChI=1S/C19H26N2O2/c1-12-8-7-9-16(13(12)2)14(3)17-20-10-11-21(17)15(4)19(5,6)18(22)23/h7-11,14-15H,1-6H3,(H,22,23). The molecule has 1 heterocycles. The molecule has 2 atom stereocenters. The van der Waals surface area contributed by atoms with Crippen molar-refractivity contribution in [3.8, 4) is 0 Å². The van der Waals surface area contributed by atoms with Crippen LogP contribution in [0.2, 0.25) is 0 Å². The van der Waals surface area contributed by atoms with Crippen LogP contribution in [0.3, 0.4) is 0 Å². The van der Waals surface area contributed by atoms with Crippen LogP contribution in [0.5, 0.6) is 0 Å². The molecule has 2 rings (SSSR count). The summed E-state index contributed by atoms with van der Waals surface area (Å²) in [6, 6.07) is 6.10. The Bertz CT molecular complexity index is 716. The molecule has 1 N–H and O–H groups in total. The van der Waals surface area contributed by atoms with Crippen LogP contribution in [-0.4, -0.2) is 20.6 Å². The number of rotatable bonds is 5. The van der Waals surface area contributed by atoms with E-state index in [2.05, 4.69) is 44.0 Å². The third kappa shape index (κ3) is 3.03. The summed E-state index contributed by atoms with van der Waals surface area (Å²) in [5, 5.41) is 9.50. The van der Waals surface area contributed by atoms with Crippen molar-refractivity contribution in [3.63, 3.8) is 0 Å². The Morgan fingerprint density at radius 3 is 2.52 bits per heavy atom. The van der Waals surface area contributed by atoms with Crippen molar-refractivity contribution >= 4 is 5.97 Å². The molecule has 0 saturated carbocycles. The quantitative estimate of drug-likeness (QED) is 0.894. The molecule has 0 bridgehead atoms. The fourth-order valence-electron chi connectivity index (χ4n) is 2.90. The lowest BCUT2D eigenvalue weighted by molar-refractivity contribution is -0.149.